The molecule has 4 aliphatic carbocycles. The van der Waals surface area contributed by atoms with Gasteiger partial charge in [-0.15, -0.1) is 0 Å². The molecule has 4 aliphatic rings. The third-order valence-electron chi connectivity index (χ3n) is 10.8. The van der Waals surface area contributed by atoms with Crippen molar-refractivity contribution in [2.24, 2.45) is 33.7 Å². The first kappa shape index (κ1) is 26.9. The number of nitrogens with one attached hydrogen (secondary N) is 1. The zero-order valence-electron chi connectivity index (χ0n) is 23.0. The van der Waals surface area contributed by atoms with Crippen molar-refractivity contribution in [3.05, 3.63) is 41.5 Å². The van der Waals surface area contributed by atoms with Crippen molar-refractivity contribution in [1.29, 1.82) is 0 Å². The molecule has 5 rings (SSSR count). The number of Topliss-reactive ketones (excluding diaryl/α,β-unsaturated/α-hetero) is 1. The average molecular weight is 523 g/mol. The largest absolute Gasteiger partial charge is 0.508 e. The number of phenols is 1. The van der Waals surface area contributed by atoms with Gasteiger partial charge in [-0.3, -0.25) is 9.59 Å². The molecule has 1 aromatic rings. The maximum atomic E-state index is 12.4. The van der Waals surface area contributed by atoms with E-state index in [1.807, 2.05) is 12.1 Å². The van der Waals surface area contributed by atoms with Gasteiger partial charge in [0.25, 0.3) is 5.91 Å². The Morgan fingerprint density at radius 2 is 1.79 bits per heavy atom. The van der Waals surface area contributed by atoms with Gasteiger partial charge in [0.1, 0.15) is 11.4 Å². The van der Waals surface area contributed by atoms with Crippen molar-refractivity contribution >= 4 is 17.4 Å². The predicted molar refractivity (Wildman–Crippen MR) is 146 cm³/mol. The molecule has 1 amide bonds. The van der Waals surface area contributed by atoms with Crippen LogP contribution in [0.2, 0.25) is 0 Å². The van der Waals surface area contributed by atoms with Crippen LogP contribution < -0.4 is 5.32 Å². The molecule has 38 heavy (non-hydrogen) atoms. The molecule has 0 saturated heterocycles. The van der Waals surface area contributed by atoms with Crippen molar-refractivity contribution in [3.8, 4) is 5.75 Å². The van der Waals surface area contributed by atoms with Gasteiger partial charge in [0.2, 0.25) is 0 Å². The highest BCUT2D eigenvalue weighted by atomic mass is 16.6. The van der Waals surface area contributed by atoms with Crippen LogP contribution in [0.15, 0.2) is 41.1 Å². The Bertz CT molecular complexity index is 1140. The second-order valence-corrected chi connectivity index (χ2v) is 12.5. The molecule has 3 saturated carbocycles. The number of rotatable bonds is 7. The van der Waals surface area contributed by atoms with Gasteiger partial charge in [-0.25, -0.2) is 0 Å². The van der Waals surface area contributed by atoms with Crippen molar-refractivity contribution in [3.63, 3.8) is 0 Å². The van der Waals surface area contributed by atoms with E-state index in [-0.39, 0.29) is 34.9 Å². The van der Waals surface area contributed by atoms with E-state index in [4.69, 9.17) is 4.84 Å². The van der Waals surface area contributed by atoms with E-state index in [9.17, 15) is 19.8 Å². The van der Waals surface area contributed by atoms with Gasteiger partial charge in [-0.2, -0.15) is 0 Å². The number of fused-ring (bicyclic) bond motifs is 5. The van der Waals surface area contributed by atoms with Gasteiger partial charge in [-0.05, 0) is 112 Å². The van der Waals surface area contributed by atoms with E-state index >= 15 is 0 Å². The number of carbonyl (C=O) groups excluding carboxylic acids is 2. The highest BCUT2D eigenvalue weighted by molar-refractivity contribution is 5.96. The minimum Gasteiger partial charge on any atom is -0.508 e. The van der Waals surface area contributed by atoms with Crippen molar-refractivity contribution < 1.29 is 24.6 Å². The van der Waals surface area contributed by atoms with Gasteiger partial charge in [0, 0.05) is 12.0 Å². The molecular weight excluding hydrogens is 480 g/mol. The fourth-order valence-corrected chi connectivity index (χ4v) is 8.47. The maximum absolute atomic E-state index is 12.4. The van der Waals surface area contributed by atoms with Crippen LogP contribution in [-0.2, 0) is 20.8 Å². The Hall–Kier alpha value is -2.67. The Kier molecular flexibility index (Phi) is 7.18. The number of ketones is 1. The summed E-state index contributed by atoms with van der Waals surface area (Å²) in [5.41, 5.74) is 2.03. The average Bonchev–Trinajstić information content (AvgIpc) is 3.17. The minimum absolute atomic E-state index is 0.0619. The van der Waals surface area contributed by atoms with Crippen LogP contribution in [-0.4, -0.2) is 46.4 Å². The first-order valence-electron chi connectivity index (χ1n) is 14.2. The summed E-state index contributed by atoms with van der Waals surface area (Å²) in [6, 6.07) is 6.96. The number of aromatic hydroxyl groups is 1. The molecule has 3 unspecified atom stereocenters. The summed E-state index contributed by atoms with van der Waals surface area (Å²) in [7, 11) is 0. The Morgan fingerprint density at radius 3 is 2.53 bits per heavy atom. The van der Waals surface area contributed by atoms with Gasteiger partial charge >= 0.3 is 0 Å². The van der Waals surface area contributed by atoms with Crippen LogP contribution in [0, 0.1) is 28.6 Å². The molecule has 3 N–H and O–H groups in total. The van der Waals surface area contributed by atoms with Gasteiger partial charge in [0.05, 0.1) is 5.71 Å². The van der Waals surface area contributed by atoms with E-state index in [1.54, 1.807) is 19.1 Å². The number of oxime groups is 1. The summed E-state index contributed by atoms with van der Waals surface area (Å²) in [6.45, 7) is 6.53. The number of hydrogen-bond acceptors (Lipinski definition) is 6. The smallest absolute Gasteiger partial charge is 0.260 e. The summed E-state index contributed by atoms with van der Waals surface area (Å²) in [6.07, 6.45) is 10.3. The number of nitrogens with zero attached hydrogens (tertiary/aromatic N) is 1. The zero-order valence-corrected chi connectivity index (χ0v) is 23.0. The molecule has 0 spiro atoms. The first-order chi connectivity index (χ1) is 18.1. The number of amides is 1. The van der Waals surface area contributed by atoms with E-state index in [2.05, 4.69) is 30.4 Å². The number of phenolic OH excluding ortho intramolecular Hbond substituents is 1. The number of carbonyl (C=O) groups is 2. The van der Waals surface area contributed by atoms with E-state index in [0.29, 0.717) is 37.1 Å². The van der Waals surface area contributed by atoms with Crippen LogP contribution >= 0.6 is 0 Å². The summed E-state index contributed by atoms with van der Waals surface area (Å²) in [5, 5.41) is 27.9. The fraction of sp³-hybridized carbons (Fsp3) is 0.645. The molecule has 7 heteroatoms. The Balaban J connectivity index is 1.16. The number of allylic oxidation sites excluding steroid dienone is 2. The molecule has 0 aliphatic heterocycles. The number of hydrogen-bond donors (Lipinski definition) is 3. The monoisotopic (exact) mass is 522 g/mol. The lowest BCUT2D eigenvalue weighted by Gasteiger charge is -2.59. The quantitative estimate of drug-likeness (QED) is 0.450. The maximum Gasteiger partial charge on any atom is 0.260 e. The lowest BCUT2D eigenvalue weighted by atomic mass is 9.46. The first-order valence-corrected chi connectivity index (χ1v) is 14.2. The molecule has 1 aromatic carbocycles. The van der Waals surface area contributed by atoms with Crippen LogP contribution in [0.1, 0.15) is 77.7 Å². The molecule has 0 heterocycles. The Labute approximate surface area is 225 Å². The normalized spacial score (nSPS) is 37.0. The summed E-state index contributed by atoms with van der Waals surface area (Å²) >= 11 is 0. The molecule has 0 bridgehead atoms. The lowest BCUT2D eigenvalue weighted by molar-refractivity contribution is -0.159. The minimum atomic E-state index is -1.17. The second kappa shape index (κ2) is 10.1. The van der Waals surface area contributed by atoms with Crippen molar-refractivity contribution in [1.82, 2.24) is 5.32 Å². The standard InChI is InChI=1S/C31H42N2O5/c1-20(34)31(37)16-12-27-25-9-6-22-18-23(10-14-29(22,2)26(25)11-15-30(27,31)3)33-38-19-28(36)32-17-13-21-4-7-24(35)8-5-21/h4-5,7-8,18,25-27,35,37H,6,9-17,19H2,1-3H3,(H,32,36)/b33-23-/t25?,26?,27?,29-,30-,31-/m0/s1. The molecule has 3 fully saturated rings. The lowest BCUT2D eigenvalue weighted by Crippen LogP contribution is -2.57. The van der Waals surface area contributed by atoms with Crippen molar-refractivity contribution in [2.45, 2.75) is 84.2 Å². The van der Waals surface area contributed by atoms with Crippen LogP contribution in [0.3, 0.4) is 0 Å². The van der Waals surface area contributed by atoms with Crippen LogP contribution in [0.4, 0.5) is 0 Å². The third-order valence-corrected chi connectivity index (χ3v) is 10.8. The fourth-order valence-electron chi connectivity index (χ4n) is 8.47. The van der Waals surface area contributed by atoms with Crippen molar-refractivity contribution in [2.75, 3.05) is 13.2 Å². The molecule has 6 atom stereocenters. The summed E-state index contributed by atoms with van der Waals surface area (Å²) in [5.74, 6) is 1.48. The molecule has 0 aromatic heterocycles. The zero-order chi connectivity index (χ0) is 27.1. The SMILES string of the molecule is CC(=O)[C@@]1(O)CCC2C3CCC4=C/C(=N\OCC(=O)NCCc5ccc(O)cc5)CC[C@]4(C)C3CC[C@@]21C. The highest BCUT2D eigenvalue weighted by Gasteiger charge is 2.65. The molecule has 206 valence electrons. The van der Waals surface area contributed by atoms with Gasteiger partial charge in [0.15, 0.2) is 12.4 Å². The molecule has 7 nitrogen and oxygen atoms in total. The summed E-state index contributed by atoms with van der Waals surface area (Å²) < 4.78 is 0. The van der Waals surface area contributed by atoms with E-state index in [1.165, 1.54) is 5.57 Å². The predicted octanol–water partition coefficient (Wildman–Crippen LogP) is 4.71. The second-order valence-electron chi connectivity index (χ2n) is 12.5. The van der Waals surface area contributed by atoms with Crippen LogP contribution in [0.25, 0.3) is 0 Å². The van der Waals surface area contributed by atoms with Gasteiger partial charge < -0.3 is 20.4 Å². The number of aliphatic hydroxyl groups is 1. The van der Waals surface area contributed by atoms with Crippen LogP contribution in [0.5, 0.6) is 5.75 Å². The molecular formula is C31H42N2O5. The third kappa shape index (κ3) is 4.57. The topological polar surface area (TPSA) is 108 Å². The van der Waals surface area contributed by atoms with E-state index in [0.717, 1.165) is 56.2 Å². The number of benzene rings is 1. The Morgan fingerprint density at radius 1 is 1.05 bits per heavy atom. The molecule has 0 radical (unpaired) electrons. The summed E-state index contributed by atoms with van der Waals surface area (Å²) in [4.78, 5) is 30.0. The highest BCUT2D eigenvalue weighted by Crippen LogP contribution is 2.67. The van der Waals surface area contributed by atoms with E-state index < -0.39 is 5.60 Å². The van der Waals surface area contributed by atoms with Gasteiger partial charge in [-0.1, -0.05) is 36.7 Å².